The smallest absolute Gasteiger partial charge is 0.109 e. The molecule has 0 saturated carbocycles. The lowest BCUT2D eigenvalue weighted by atomic mass is 10.1. The number of nitrogens with zero attached hydrogens (tertiary/aromatic N) is 2. The first-order valence-electron chi connectivity index (χ1n) is 6.11. The molecule has 3 heteroatoms. The van der Waals surface area contributed by atoms with Crippen LogP contribution in [-0.4, -0.2) is 15.3 Å². The summed E-state index contributed by atoms with van der Waals surface area (Å²) in [7, 11) is 0. The molecule has 1 fully saturated rings. The second-order valence-corrected chi connectivity index (χ2v) is 5.90. The molecule has 82 valence electrons. The number of aryl methyl sites for hydroxylation is 2. The van der Waals surface area contributed by atoms with Gasteiger partial charge in [0.05, 0.1) is 5.69 Å². The number of imidazole rings is 1. The summed E-state index contributed by atoms with van der Waals surface area (Å²) < 4.78 is 2.38. The Balaban J connectivity index is 1.82. The SMILES string of the molecule is c1c(C2CCCCS2)nc2n1CCCC2. The van der Waals surface area contributed by atoms with Crippen molar-refractivity contribution in [2.24, 2.45) is 0 Å². The first kappa shape index (κ1) is 9.76. The third-order valence-electron chi connectivity index (χ3n) is 3.44. The molecular formula is C12H18N2S. The molecule has 0 amide bonds. The molecule has 2 nitrogen and oxygen atoms in total. The van der Waals surface area contributed by atoms with E-state index in [1.54, 1.807) is 0 Å². The molecule has 0 N–H and O–H groups in total. The molecule has 0 aliphatic carbocycles. The summed E-state index contributed by atoms with van der Waals surface area (Å²) in [5.74, 6) is 2.66. The third kappa shape index (κ3) is 1.94. The fraction of sp³-hybridized carbons (Fsp3) is 0.750. The largest absolute Gasteiger partial charge is 0.335 e. The van der Waals surface area contributed by atoms with Gasteiger partial charge in [0.1, 0.15) is 5.82 Å². The van der Waals surface area contributed by atoms with Crippen molar-refractivity contribution in [3.05, 3.63) is 17.7 Å². The molecule has 3 rings (SSSR count). The predicted octanol–water partition coefficient (Wildman–Crippen LogP) is 3.18. The number of aromatic nitrogens is 2. The topological polar surface area (TPSA) is 17.8 Å². The van der Waals surface area contributed by atoms with E-state index in [-0.39, 0.29) is 0 Å². The Kier molecular flexibility index (Phi) is 2.74. The van der Waals surface area contributed by atoms with Crippen molar-refractivity contribution in [1.29, 1.82) is 0 Å². The maximum absolute atomic E-state index is 4.82. The van der Waals surface area contributed by atoms with E-state index in [0.717, 1.165) is 0 Å². The van der Waals surface area contributed by atoms with Crippen LogP contribution in [0.1, 0.15) is 48.9 Å². The zero-order chi connectivity index (χ0) is 10.1. The minimum atomic E-state index is 0.692. The zero-order valence-corrected chi connectivity index (χ0v) is 9.93. The molecule has 1 aromatic heterocycles. The number of fused-ring (bicyclic) bond motifs is 1. The van der Waals surface area contributed by atoms with Crippen molar-refractivity contribution in [3.63, 3.8) is 0 Å². The van der Waals surface area contributed by atoms with Gasteiger partial charge in [0.25, 0.3) is 0 Å². The van der Waals surface area contributed by atoms with E-state index in [9.17, 15) is 0 Å². The molecule has 1 atom stereocenters. The van der Waals surface area contributed by atoms with Crippen molar-refractivity contribution in [3.8, 4) is 0 Å². The van der Waals surface area contributed by atoms with Crippen LogP contribution >= 0.6 is 11.8 Å². The minimum Gasteiger partial charge on any atom is -0.335 e. The van der Waals surface area contributed by atoms with Gasteiger partial charge >= 0.3 is 0 Å². The lowest BCUT2D eigenvalue weighted by molar-refractivity contribution is 0.522. The average Bonchev–Trinajstić information content (AvgIpc) is 2.74. The lowest BCUT2D eigenvalue weighted by Gasteiger charge is -2.18. The van der Waals surface area contributed by atoms with E-state index >= 15 is 0 Å². The third-order valence-corrected chi connectivity index (χ3v) is 4.84. The molecular weight excluding hydrogens is 204 g/mol. The Morgan fingerprint density at radius 2 is 2.27 bits per heavy atom. The summed E-state index contributed by atoms with van der Waals surface area (Å²) in [6.07, 6.45) is 10.3. The van der Waals surface area contributed by atoms with E-state index in [0.29, 0.717) is 5.25 Å². The number of thioether (sulfide) groups is 1. The second-order valence-electron chi connectivity index (χ2n) is 4.59. The van der Waals surface area contributed by atoms with E-state index in [2.05, 4.69) is 22.5 Å². The Bertz CT molecular complexity index is 316. The molecule has 1 unspecified atom stereocenters. The van der Waals surface area contributed by atoms with Crippen LogP contribution in [0, 0.1) is 0 Å². The van der Waals surface area contributed by atoms with E-state index < -0.39 is 0 Å². The van der Waals surface area contributed by atoms with Crippen molar-refractivity contribution < 1.29 is 0 Å². The first-order chi connectivity index (χ1) is 7.43. The second kappa shape index (κ2) is 4.20. The van der Waals surface area contributed by atoms with E-state index in [4.69, 9.17) is 4.98 Å². The van der Waals surface area contributed by atoms with Gasteiger partial charge in [-0.2, -0.15) is 11.8 Å². The average molecular weight is 222 g/mol. The standard InChI is InChI=1S/C12H18N2S/c1-3-7-14-9-10(13-12(14)6-1)11-5-2-4-8-15-11/h9,11H,1-8H2. The van der Waals surface area contributed by atoms with Crippen LogP contribution in [0.3, 0.4) is 0 Å². The summed E-state index contributed by atoms with van der Waals surface area (Å²) in [5, 5.41) is 0.692. The minimum absolute atomic E-state index is 0.692. The normalized spacial score (nSPS) is 26.3. The first-order valence-corrected chi connectivity index (χ1v) is 7.16. The molecule has 0 spiro atoms. The summed E-state index contributed by atoms with van der Waals surface area (Å²) in [6.45, 7) is 1.19. The molecule has 2 aliphatic heterocycles. The highest BCUT2D eigenvalue weighted by Gasteiger charge is 2.21. The summed E-state index contributed by atoms with van der Waals surface area (Å²) in [5.41, 5.74) is 1.36. The van der Waals surface area contributed by atoms with Gasteiger partial charge in [-0.25, -0.2) is 4.98 Å². The summed E-state index contributed by atoms with van der Waals surface area (Å²) in [6, 6.07) is 0. The quantitative estimate of drug-likeness (QED) is 0.726. The fourth-order valence-corrected chi connectivity index (χ4v) is 3.84. The summed E-state index contributed by atoms with van der Waals surface area (Å²) >= 11 is 2.10. The lowest BCUT2D eigenvalue weighted by Crippen LogP contribution is -2.08. The molecule has 2 aliphatic rings. The van der Waals surface area contributed by atoms with Gasteiger partial charge in [0, 0.05) is 24.4 Å². The van der Waals surface area contributed by atoms with Gasteiger partial charge in [-0.3, -0.25) is 0 Å². The van der Waals surface area contributed by atoms with Crippen LogP contribution in [0.5, 0.6) is 0 Å². The van der Waals surface area contributed by atoms with Crippen LogP contribution in [0.15, 0.2) is 6.20 Å². The fourth-order valence-electron chi connectivity index (χ4n) is 2.56. The molecule has 1 saturated heterocycles. The summed E-state index contributed by atoms with van der Waals surface area (Å²) in [4.78, 5) is 4.82. The monoisotopic (exact) mass is 222 g/mol. The van der Waals surface area contributed by atoms with Crippen molar-refractivity contribution in [2.45, 2.75) is 50.3 Å². The molecule has 1 aromatic rings. The van der Waals surface area contributed by atoms with Crippen LogP contribution in [0.25, 0.3) is 0 Å². The number of hydrogen-bond acceptors (Lipinski definition) is 2. The number of rotatable bonds is 1. The van der Waals surface area contributed by atoms with Gasteiger partial charge in [-0.15, -0.1) is 0 Å². The maximum Gasteiger partial charge on any atom is 0.109 e. The molecule has 0 aromatic carbocycles. The van der Waals surface area contributed by atoms with Crippen LogP contribution < -0.4 is 0 Å². The van der Waals surface area contributed by atoms with Crippen LogP contribution in [-0.2, 0) is 13.0 Å². The molecule has 15 heavy (non-hydrogen) atoms. The number of hydrogen-bond donors (Lipinski definition) is 0. The van der Waals surface area contributed by atoms with Crippen LogP contribution in [0.4, 0.5) is 0 Å². The van der Waals surface area contributed by atoms with Gasteiger partial charge in [-0.05, 0) is 31.4 Å². The maximum atomic E-state index is 4.82. The highest BCUT2D eigenvalue weighted by atomic mass is 32.2. The van der Waals surface area contributed by atoms with Crippen molar-refractivity contribution in [2.75, 3.05) is 5.75 Å². The van der Waals surface area contributed by atoms with E-state index in [1.807, 2.05) is 0 Å². The van der Waals surface area contributed by atoms with Gasteiger partial charge in [-0.1, -0.05) is 6.42 Å². The zero-order valence-electron chi connectivity index (χ0n) is 9.11. The Hall–Kier alpha value is -0.440. The highest BCUT2D eigenvalue weighted by molar-refractivity contribution is 7.99. The predicted molar refractivity (Wildman–Crippen MR) is 64.2 cm³/mol. The van der Waals surface area contributed by atoms with Crippen molar-refractivity contribution >= 4 is 11.8 Å². The molecule has 0 radical (unpaired) electrons. The van der Waals surface area contributed by atoms with Crippen LogP contribution in [0.2, 0.25) is 0 Å². The van der Waals surface area contributed by atoms with Gasteiger partial charge in [0.2, 0.25) is 0 Å². The highest BCUT2D eigenvalue weighted by Crippen LogP contribution is 2.38. The van der Waals surface area contributed by atoms with E-state index in [1.165, 1.54) is 62.3 Å². The molecule has 3 heterocycles. The van der Waals surface area contributed by atoms with Crippen molar-refractivity contribution in [1.82, 2.24) is 9.55 Å². The Morgan fingerprint density at radius 1 is 1.27 bits per heavy atom. The van der Waals surface area contributed by atoms with Gasteiger partial charge in [0.15, 0.2) is 0 Å². The Labute approximate surface area is 95.5 Å². The Morgan fingerprint density at radius 3 is 3.07 bits per heavy atom. The molecule has 0 bridgehead atoms. The van der Waals surface area contributed by atoms with Gasteiger partial charge < -0.3 is 4.57 Å².